The second kappa shape index (κ2) is 8.48. The van der Waals surface area contributed by atoms with Gasteiger partial charge in [-0.1, -0.05) is 41.9 Å². The van der Waals surface area contributed by atoms with Crippen molar-refractivity contribution in [2.75, 3.05) is 6.54 Å². The van der Waals surface area contributed by atoms with Gasteiger partial charge in [0.05, 0.1) is 11.7 Å². The van der Waals surface area contributed by atoms with Crippen LogP contribution in [0.1, 0.15) is 47.9 Å². The first kappa shape index (κ1) is 19.4. The van der Waals surface area contributed by atoms with Crippen molar-refractivity contribution in [2.45, 2.75) is 38.4 Å². The number of nitrogens with one attached hydrogen (secondary N) is 1. The maximum atomic E-state index is 12.3. The van der Waals surface area contributed by atoms with Crippen molar-refractivity contribution in [1.82, 2.24) is 5.32 Å². The van der Waals surface area contributed by atoms with Crippen molar-refractivity contribution in [2.24, 2.45) is 0 Å². The van der Waals surface area contributed by atoms with Crippen LogP contribution in [-0.2, 0) is 6.42 Å². The minimum Gasteiger partial charge on any atom is -0.390 e. The van der Waals surface area contributed by atoms with Crippen LogP contribution in [0.25, 0.3) is 0 Å². The fourth-order valence-electron chi connectivity index (χ4n) is 2.47. The monoisotopic (exact) mass is 361 g/mol. The van der Waals surface area contributed by atoms with Gasteiger partial charge in [-0.25, -0.2) is 0 Å². The van der Waals surface area contributed by atoms with E-state index < -0.39 is 11.7 Å². The molecule has 4 nitrogen and oxygen atoms in total. The highest BCUT2D eigenvalue weighted by atomic mass is 35.5. The Morgan fingerprint density at radius 1 is 1.20 bits per heavy atom. The van der Waals surface area contributed by atoms with Crippen molar-refractivity contribution in [3.05, 3.63) is 70.2 Å². The quantitative estimate of drug-likeness (QED) is 0.706. The van der Waals surface area contributed by atoms with Gasteiger partial charge in [0.2, 0.25) is 0 Å². The Kier molecular flexibility index (Phi) is 6.59. The molecule has 0 aliphatic carbocycles. The van der Waals surface area contributed by atoms with Crippen molar-refractivity contribution < 1.29 is 15.0 Å². The third kappa shape index (κ3) is 6.16. The molecule has 0 bridgehead atoms. The van der Waals surface area contributed by atoms with Crippen LogP contribution in [0.15, 0.2) is 48.5 Å². The van der Waals surface area contributed by atoms with Gasteiger partial charge in [-0.3, -0.25) is 4.79 Å². The fraction of sp³-hybridized carbons (Fsp3) is 0.350. The van der Waals surface area contributed by atoms with Gasteiger partial charge in [-0.15, -0.1) is 0 Å². The number of halogens is 1. The summed E-state index contributed by atoms with van der Waals surface area (Å²) in [6.07, 6.45) is 0.437. The number of carbonyl (C=O) groups excluding carboxylic acids is 1. The summed E-state index contributed by atoms with van der Waals surface area (Å²) >= 11 is 6.05. The molecule has 1 amide bonds. The number of carbonyl (C=O) groups is 1. The van der Waals surface area contributed by atoms with Crippen LogP contribution in [0.4, 0.5) is 0 Å². The third-order valence-electron chi connectivity index (χ3n) is 3.93. The van der Waals surface area contributed by atoms with E-state index in [1.54, 1.807) is 44.2 Å². The summed E-state index contributed by atoms with van der Waals surface area (Å²) in [5, 5.41) is 23.2. The molecular weight excluding hydrogens is 338 g/mol. The summed E-state index contributed by atoms with van der Waals surface area (Å²) in [4.78, 5) is 12.3. The zero-order valence-electron chi connectivity index (χ0n) is 14.5. The van der Waals surface area contributed by atoms with E-state index in [0.29, 0.717) is 29.0 Å². The molecule has 0 saturated carbocycles. The molecule has 134 valence electrons. The van der Waals surface area contributed by atoms with E-state index in [4.69, 9.17) is 11.6 Å². The number of benzene rings is 2. The van der Waals surface area contributed by atoms with E-state index in [0.717, 1.165) is 5.56 Å². The summed E-state index contributed by atoms with van der Waals surface area (Å²) in [5.41, 5.74) is 1.36. The number of aliphatic hydroxyl groups is 2. The summed E-state index contributed by atoms with van der Waals surface area (Å²) < 4.78 is 0. The van der Waals surface area contributed by atoms with Gasteiger partial charge in [-0.05, 0) is 50.5 Å². The zero-order valence-corrected chi connectivity index (χ0v) is 15.3. The van der Waals surface area contributed by atoms with E-state index in [1.165, 1.54) is 0 Å². The van der Waals surface area contributed by atoms with Crippen LogP contribution in [0.2, 0.25) is 5.02 Å². The predicted molar refractivity (Wildman–Crippen MR) is 99.8 cm³/mol. The maximum absolute atomic E-state index is 12.3. The van der Waals surface area contributed by atoms with Crippen LogP contribution < -0.4 is 5.32 Å². The minimum absolute atomic E-state index is 0.0798. The Labute approximate surface area is 153 Å². The van der Waals surface area contributed by atoms with E-state index in [-0.39, 0.29) is 12.5 Å². The number of aryl methyl sites for hydroxylation is 1. The molecule has 0 aliphatic heterocycles. The third-order valence-corrected chi connectivity index (χ3v) is 4.28. The average molecular weight is 362 g/mol. The van der Waals surface area contributed by atoms with Crippen molar-refractivity contribution in [1.29, 1.82) is 0 Å². The minimum atomic E-state index is -0.865. The van der Waals surface area contributed by atoms with E-state index in [1.807, 2.05) is 18.2 Å². The van der Waals surface area contributed by atoms with Gasteiger partial charge in [0, 0.05) is 22.7 Å². The number of hydrogen-bond donors (Lipinski definition) is 3. The normalized spacial score (nSPS) is 12.7. The maximum Gasteiger partial charge on any atom is 0.251 e. The van der Waals surface area contributed by atoms with Gasteiger partial charge >= 0.3 is 0 Å². The summed E-state index contributed by atoms with van der Waals surface area (Å²) in [6.45, 7) is 3.61. The van der Waals surface area contributed by atoms with Crippen LogP contribution in [0.3, 0.4) is 0 Å². The summed E-state index contributed by atoms with van der Waals surface area (Å²) in [6, 6.07) is 14.3. The summed E-state index contributed by atoms with van der Waals surface area (Å²) in [7, 11) is 0. The molecule has 0 radical (unpaired) electrons. The number of aliphatic hydroxyl groups excluding tert-OH is 1. The van der Waals surface area contributed by atoms with Gasteiger partial charge in [0.1, 0.15) is 0 Å². The molecule has 2 aromatic rings. The molecule has 5 heteroatoms. The lowest BCUT2D eigenvalue weighted by Gasteiger charge is -2.17. The smallest absolute Gasteiger partial charge is 0.251 e. The molecule has 25 heavy (non-hydrogen) atoms. The standard InChI is InChI=1S/C20H24ClNO3/c1-20(2,25)11-10-14-6-5-7-15(12-14)19(24)22-13-18(23)16-8-3-4-9-17(16)21/h3-9,12,18,23,25H,10-11,13H2,1-2H3,(H,22,24). The van der Waals surface area contributed by atoms with E-state index in [9.17, 15) is 15.0 Å². The highest BCUT2D eigenvalue weighted by molar-refractivity contribution is 6.31. The second-order valence-electron chi connectivity index (χ2n) is 6.76. The van der Waals surface area contributed by atoms with Gasteiger partial charge in [0.15, 0.2) is 0 Å². The first-order valence-corrected chi connectivity index (χ1v) is 8.66. The Bertz CT molecular complexity index is 725. The molecule has 0 saturated heterocycles. The van der Waals surface area contributed by atoms with Crippen LogP contribution in [0.5, 0.6) is 0 Å². The lowest BCUT2D eigenvalue weighted by molar-refractivity contribution is 0.0714. The molecule has 0 spiro atoms. The molecule has 2 aromatic carbocycles. The van der Waals surface area contributed by atoms with Crippen LogP contribution in [0, 0.1) is 0 Å². The molecule has 0 heterocycles. The number of amides is 1. The average Bonchev–Trinajstić information content (AvgIpc) is 2.57. The van der Waals surface area contributed by atoms with Crippen LogP contribution >= 0.6 is 11.6 Å². The molecule has 0 aliphatic rings. The fourth-order valence-corrected chi connectivity index (χ4v) is 2.73. The molecule has 1 unspecified atom stereocenters. The lowest BCUT2D eigenvalue weighted by atomic mass is 9.98. The zero-order chi connectivity index (χ0) is 18.4. The molecule has 0 aromatic heterocycles. The van der Waals surface area contributed by atoms with Crippen molar-refractivity contribution in [3.63, 3.8) is 0 Å². The van der Waals surface area contributed by atoms with Gasteiger partial charge < -0.3 is 15.5 Å². The molecule has 0 fully saturated rings. The Hall–Kier alpha value is -1.88. The summed E-state index contributed by atoms with van der Waals surface area (Å²) in [5.74, 6) is -0.254. The highest BCUT2D eigenvalue weighted by Gasteiger charge is 2.15. The largest absolute Gasteiger partial charge is 0.390 e. The Morgan fingerprint density at radius 3 is 2.60 bits per heavy atom. The van der Waals surface area contributed by atoms with E-state index >= 15 is 0 Å². The molecule has 1 atom stereocenters. The van der Waals surface area contributed by atoms with Crippen molar-refractivity contribution in [3.8, 4) is 0 Å². The number of rotatable bonds is 7. The topological polar surface area (TPSA) is 69.6 Å². The highest BCUT2D eigenvalue weighted by Crippen LogP contribution is 2.22. The lowest BCUT2D eigenvalue weighted by Crippen LogP contribution is -2.28. The molecule has 2 rings (SSSR count). The number of hydrogen-bond acceptors (Lipinski definition) is 3. The van der Waals surface area contributed by atoms with Crippen LogP contribution in [-0.4, -0.2) is 28.3 Å². The van der Waals surface area contributed by atoms with E-state index in [2.05, 4.69) is 5.32 Å². The van der Waals surface area contributed by atoms with Gasteiger partial charge in [0.25, 0.3) is 5.91 Å². The Balaban J connectivity index is 1.96. The second-order valence-corrected chi connectivity index (χ2v) is 7.17. The van der Waals surface area contributed by atoms with Crippen molar-refractivity contribution >= 4 is 17.5 Å². The molecular formula is C20H24ClNO3. The predicted octanol–water partition coefficient (Wildman–Crippen LogP) is 3.51. The first-order chi connectivity index (χ1) is 11.8. The SMILES string of the molecule is CC(C)(O)CCc1cccc(C(=O)NCC(O)c2ccccc2Cl)c1. The molecule has 3 N–H and O–H groups in total. The first-order valence-electron chi connectivity index (χ1n) is 8.28. The Morgan fingerprint density at radius 2 is 1.92 bits per heavy atom. The van der Waals surface area contributed by atoms with Gasteiger partial charge in [-0.2, -0.15) is 0 Å².